The number of para-hydroxylation sites is 1. The summed E-state index contributed by atoms with van der Waals surface area (Å²) in [6.07, 6.45) is 3.12. The molecule has 1 aromatic carbocycles. The Morgan fingerprint density at radius 2 is 2.11 bits per heavy atom. The van der Waals surface area contributed by atoms with Crippen LogP contribution in [-0.4, -0.2) is 21.6 Å². The largest absolute Gasteiger partial charge is 0.325 e. The highest BCUT2D eigenvalue weighted by Crippen LogP contribution is 2.23. The van der Waals surface area contributed by atoms with Crippen molar-refractivity contribution in [3.63, 3.8) is 0 Å². The molecule has 0 atom stereocenters. The predicted molar refractivity (Wildman–Crippen MR) is 75.5 cm³/mol. The molecule has 0 saturated heterocycles. The third-order valence-corrected chi connectivity index (χ3v) is 3.88. The zero-order valence-electron chi connectivity index (χ0n) is 9.34. The number of nitrogens with one attached hydrogen (secondary N) is 1. The van der Waals surface area contributed by atoms with Gasteiger partial charge in [-0.15, -0.1) is 0 Å². The number of hydrogen-bond donors (Lipinski definition) is 1. The van der Waals surface area contributed by atoms with Gasteiger partial charge in [0.1, 0.15) is 11.4 Å². The first-order valence-electron chi connectivity index (χ1n) is 5.19. The Morgan fingerprint density at radius 1 is 1.33 bits per heavy atom. The molecule has 2 rings (SSSR count). The summed E-state index contributed by atoms with van der Waals surface area (Å²) in [5.41, 5.74) is 0.796. The predicted octanol–water partition coefficient (Wildman–Crippen LogP) is 2.97. The van der Waals surface area contributed by atoms with Crippen molar-refractivity contribution in [1.82, 2.24) is 9.97 Å². The highest BCUT2D eigenvalue weighted by atomic mass is 79.9. The Bertz CT molecular complexity index is 536. The minimum absolute atomic E-state index is 0.0586. The van der Waals surface area contributed by atoms with E-state index >= 15 is 0 Å². The molecule has 1 N–H and O–H groups in total. The first-order chi connectivity index (χ1) is 8.75. The first kappa shape index (κ1) is 13.0. The SMILES string of the molecule is O=C(CSc1ncncc1Br)Nc1ccccc1. The van der Waals surface area contributed by atoms with Crippen LogP contribution in [0.2, 0.25) is 0 Å². The van der Waals surface area contributed by atoms with Crippen molar-refractivity contribution in [3.05, 3.63) is 47.3 Å². The van der Waals surface area contributed by atoms with Crippen LogP contribution in [0.15, 0.2) is 52.4 Å². The lowest BCUT2D eigenvalue weighted by Crippen LogP contribution is -2.14. The number of benzene rings is 1. The van der Waals surface area contributed by atoms with Crippen LogP contribution in [0.1, 0.15) is 0 Å². The number of rotatable bonds is 4. The van der Waals surface area contributed by atoms with Gasteiger partial charge in [-0.3, -0.25) is 4.79 Å². The molecule has 1 amide bonds. The van der Waals surface area contributed by atoms with Crippen LogP contribution in [0.5, 0.6) is 0 Å². The molecule has 0 aliphatic carbocycles. The van der Waals surface area contributed by atoms with Crippen molar-refractivity contribution in [1.29, 1.82) is 0 Å². The molecular weight excluding hydrogens is 314 g/mol. The van der Waals surface area contributed by atoms with Gasteiger partial charge in [-0.25, -0.2) is 9.97 Å². The lowest BCUT2D eigenvalue weighted by atomic mass is 10.3. The van der Waals surface area contributed by atoms with Gasteiger partial charge in [-0.1, -0.05) is 30.0 Å². The molecule has 0 radical (unpaired) electrons. The molecule has 92 valence electrons. The molecule has 0 unspecified atom stereocenters. The summed E-state index contributed by atoms with van der Waals surface area (Å²) >= 11 is 4.70. The van der Waals surface area contributed by atoms with E-state index in [4.69, 9.17) is 0 Å². The van der Waals surface area contributed by atoms with Crippen LogP contribution >= 0.6 is 27.7 Å². The van der Waals surface area contributed by atoms with Gasteiger partial charge in [0.25, 0.3) is 0 Å². The summed E-state index contributed by atoms with van der Waals surface area (Å²) in [4.78, 5) is 19.7. The molecule has 0 aliphatic rings. The number of anilines is 1. The van der Waals surface area contributed by atoms with Gasteiger partial charge >= 0.3 is 0 Å². The minimum Gasteiger partial charge on any atom is -0.325 e. The zero-order valence-corrected chi connectivity index (χ0v) is 11.7. The van der Waals surface area contributed by atoms with Crippen molar-refractivity contribution in [2.75, 3.05) is 11.1 Å². The van der Waals surface area contributed by atoms with E-state index in [1.807, 2.05) is 30.3 Å². The number of nitrogens with zero attached hydrogens (tertiary/aromatic N) is 2. The maximum atomic E-state index is 11.7. The van der Waals surface area contributed by atoms with Crippen molar-refractivity contribution in [2.24, 2.45) is 0 Å². The van der Waals surface area contributed by atoms with Gasteiger partial charge < -0.3 is 5.32 Å². The number of carbonyl (C=O) groups is 1. The van der Waals surface area contributed by atoms with Crippen LogP contribution < -0.4 is 5.32 Å². The Kier molecular flexibility index (Phi) is 4.72. The number of thioether (sulfide) groups is 1. The average molecular weight is 324 g/mol. The summed E-state index contributed by atoms with van der Waals surface area (Å²) in [7, 11) is 0. The monoisotopic (exact) mass is 323 g/mol. The van der Waals surface area contributed by atoms with E-state index in [9.17, 15) is 4.79 Å². The van der Waals surface area contributed by atoms with Crippen LogP contribution in [0.4, 0.5) is 5.69 Å². The molecule has 0 bridgehead atoms. The summed E-state index contributed by atoms with van der Waals surface area (Å²) in [6.45, 7) is 0. The van der Waals surface area contributed by atoms with Gasteiger partial charge in [0.05, 0.1) is 10.2 Å². The zero-order chi connectivity index (χ0) is 12.8. The maximum Gasteiger partial charge on any atom is 0.234 e. The molecule has 6 heteroatoms. The Hall–Kier alpha value is -1.40. The summed E-state index contributed by atoms with van der Waals surface area (Å²) in [5, 5.41) is 3.57. The van der Waals surface area contributed by atoms with E-state index in [2.05, 4.69) is 31.2 Å². The normalized spacial score (nSPS) is 10.1. The smallest absolute Gasteiger partial charge is 0.234 e. The molecule has 0 spiro atoms. The number of carbonyl (C=O) groups excluding carboxylic acids is 1. The van der Waals surface area contributed by atoms with E-state index in [1.165, 1.54) is 18.1 Å². The Balaban J connectivity index is 1.88. The second-order valence-electron chi connectivity index (χ2n) is 3.38. The fourth-order valence-electron chi connectivity index (χ4n) is 1.26. The van der Waals surface area contributed by atoms with Gasteiger partial charge in [0.15, 0.2) is 0 Å². The molecule has 18 heavy (non-hydrogen) atoms. The highest BCUT2D eigenvalue weighted by Gasteiger charge is 2.06. The second-order valence-corrected chi connectivity index (χ2v) is 5.20. The molecule has 0 fully saturated rings. The Labute approximate surface area is 117 Å². The first-order valence-corrected chi connectivity index (χ1v) is 6.97. The van der Waals surface area contributed by atoms with Crippen molar-refractivity contribution in [3.8, 4) is 0 Å². The third-order valence-electron chi connectivity index (χ3n) is 2.03. The number of halogens is 1. The summed E-state index contributed by atoms with van der Waals surface area (Å²) in [5.74, 6) is 0.251. The van der Waals surface area contributed by atoms with Crippen LogP contribution in [0.25, 0.3) is 0 Å². The quantitative estimate of drug-likeness (QED) is 0.694. The third kappa shape index (κ3) is 3.82. The molecule has 0 saturated carbocycles. The molecule has 0 aliphatic heterocycles. The van der Waals surface area contributed by atoms with Crippen LogP contribution in [-0.2, 0) is 4.79 Å². The Morgan fingerprint density at radius 3 is 2.83 bits per heavy atom. The van der Waals surface area contributed by atoms with E-state index in [-0.39, 0.29) is 5.91 Å². The van der Waals surface area contributed by atoms with Gasteiger partial charge in [-0.05, 0) is 28.1 Å². The summed E-state index contributed by atoms with van der Waals surface area (Å²) in [6, 6.07) is 9.36. The number of aromatic nitrogens is 2. The highest BCUT2D eigenvalue weighted by molar-refractivity contribution is 9.10. The fourth-order valence-corrected chi connectivity index (χ4v) is 2.48. The van der Waals surface area contributed by atoms with E-state index < -0.39 is 0 Å². The van der Waals surface area contributed by atoms with E-state index in [0.717, 1.165) is 15.2 Å². The maximum absolute atomic E-state index is 11.7. The molecule has 1 heterocycles. The average Bonchev–Trinajstić information content (AvgIpc) is 2.39. The minimum atomic E-state index is -0.0586. The fraction of sp³-hybridized carbons (Fsp3) is 0.0833. The van der Waals surface area contributed by atoms with Gasteiger partial charge in [0, 0.05) is 11.9 Å². The molecule has 1 aromatic heterocycles. The molecule has 4 nitrogen and oxygen atoms in total. The molecule has 2 aromatic rings. The molecular formula is C12H10BrN3OS. The topological polar surface area (TPSA) is 54.9 Å². The van der Waals surface area contributed by atoms with Gasteiger partial charge in [-0.2, -0.15) is 0 Å². The van der Waals surface area contributed by atoms with Crippen LogP contribution in [0.3, 0.4) is 0 Å². The lowest BCUT2D eigenvalue weighted by molar-refractivity contribution is -0.113. The number of amides is 1. The van der Waals surface area contributed by atoms with Crippen molar-refractivity contribution in [2.45, 2.75) is 5.03 Å². The number of hydrogen-bond acceptors (Lipinski definition) is 4. The van der Waals surface area contributed by atoms with Crippen LogP contribution in [0, 0.1) is 0 Å². The van der Waals surface area contributed by atoms with Gasteiger partial charge in [0.2, 0.25) is 5.91 Å². The standard InChI is InChI=1S/C12H10BrN3OS/c13-10-6-14-8-15-12(10)18-7-11(17)16-9-4-2-1-3-5-9/h1-6,8H,7H2,(H,16,17). The second kappa shape index (κ2) is 6.51. The van der Waals surface area contributed by atoms with E-state index in [0.29, 0.717) is 5.75 Å². The summed E-state index contributed by atoms with van der Waals surface area (Å²) < 4.78 is 0.794. The van der Waals surface area contributed by atoms with Crippen molar-refractivity contribution < 1.29 is 4.79 Å². The van der Waals surface area contributed by atoms with E-state index in [1.54, 1.807) is 6.20 Å². The van der Waals surface area contributed by atoms with Crippen molar-refractivity contribution >= 4 is 39.3 Å². The lowest BCUT2D eigenvalue weighted by Gasteiger charge is -2.05.